The van der Waals surface area contributed by atoms with Crippen LogP contribution in [0.2, 0.25) is 0 Å². The molecule has 0 saturated heterocycles. The highest BCUT2D eigenvalue weighted by Crippen LogP contribution is 2.31. The predicted molar refractivity (Wildman–Crippen MR) is 109 cm³/mol. The molecule has 0 bridgehead atoms. The Morgan fingerprint density at radius 2 is 1.69 bits per heavy atom. The standard InChI is InChI=1S/C21H14F3N5O2S/c1-2-32(30,31)17-9-8-16(14-5-3-13(11-25)4-6-14)26-19(17)15-7-10-18-27-20(21(22,23)24)28-29(18)12-15/h3-10,12H,2H2,1H3. The molecule has 3 heterocycles. The first-order chi connectivity index (χ1) is 15.1. The Morgan fingerprint density at radius 1 is 1.00 bits per heavy atom. The van der Waals surface area contributed by atoms with E-state index in [-0.39, 0.29) is 27.6 Å². The number of alkyl halides is 3. The van der Waals surface area contributed by atoms with Crippen molar-refractivity contribution in [2.75, 3.05) is 5.75 Å². The van der Waals surface area contributed by atoms with Crippen molar-refractivity contribution in [2.24, 2.45) is 0 Å². The van der Waals surface area contributed by atoms with Crippen LogP contribution in [0.25, 0.3) is 28.2 Å². The quantitative estimate of drug-likeness (QED) is 0.457. The molecule has 7 nitrogen and oxygen atoms in total. The van der Waals surface area contributed by atoms with Gasteiger partial charge in [0.05, 0.1) is 33.7 Å². The third-order valence-electron chi connectivity index (χ3n) is 4.74. The summed E-state index contributed by atoms with van der Waals surface area (Å²) in [6.07, 6.45) is -3.45. The molecule has 4 rings (SSSR count). The van der Waals surface area contributed by atoms with Crippen LogP contribution in [0.5, 0.6) is 0 Å². The van der Waals surface area contributed by atoms with Crippen molar-refractivity contribution >= 4 is 15.5 Å². The lowest BCUT2D eigenvalue weighted by Gasteiger charge is -2.11. The molecule has 0 fully saturated rings. The van der Waals surface area contributed by atoms with Gasteiger partial charge in [-0.2, -0.15) is 18.4 Å². The predicted octanol–water partition coefficient (Wildman–Crippen LogP) is 4.14. The molecule has 0 aliphatic heterocycles. The van der Waals surface area contributed by atoms with Gasteiger partial charge in [-0.3, -0.25) is 0 Å². The number of rotatable bonds is 4. The van der Waals surface area contributed by atoms with Gasteiger partial charge in [-0.05, 0) is 36.4 Å². The topological polar surface area (TPSA) is 101 Å². The zero-order chi connectivity index (χ0) is 23.1. The summed E-state index contributed by atoms with van der Waals surface area (Å²) in [5.74, 6) is -1.47. The van der Waals surface area contributed by atoms with Crippen molar-refractivity contribution in [3.63, 3.8) is 0 Å². The van der Waals surface area contributed by atoms with Crippen LogP contribution in [0.1, 0.15) is 18.3 Å². The van der Waals surface area contributed by atoms with Gasteiger partial charge in [-0.15, -0.1) is 5.10 Å². The van der Waals surface area contributed by atoms with Crippen LogP contribution in [0.3, 0.4) is 0 Å². The average Bonchev–Trinajstić information content (AvgIpc) is 3.23. The van der Waals surface area contributed by atoms with Crippen molar-refractivity contribution < 1.29 is 21.6 Å². The Balaban J connectivity index is 1.91. The maximum Gasteiger partial charge on any atom is 0.453 e. The second-order valence-corrected chi connectivity index (χ2v) is 9.04. The Bertz CT molecular complexity index is 1470. The van der Waals surface area contributed by atoms with Crippen molar-refractivity contribution in [3.8, 4) is 28.6 Å². The van der Waals surface area contributed by atoms with E-state index >= 15 is 0 Å². The molecule has 0 saturated carbocycles. The molecule has 1 aromatic carbocycles. The SMILES string of the molecule is CCS(=O)(=O)c1ccc(-c2ccc(C#N)cc2)nc1-c1ccc2nc(C(F)(F)F)nn2c1. The molecule has 4 aromatic rings. The average molecular weight is 457 g/mol. The summed E-state index contributed by atoms with van der Waals surface area (Å²) in [6, 6.07) is 14.3. The summed E-state index contributed by atoms with van der Waals surface area (Å²) >= 11 is 0. The highest BCUT2D eigenvalue weighted by atomic mass is 32.2. The molecule has 162 valence electrons. The van der Waals surface area contributed by atoms with Crippen LogP contribution in [0.15, 0.2) is 59.6 Å². The fourth-order valence-corrected chi connectivity index (χ4v) is 4.12. The number of hydrogen-bond acceptors (Lipinski definition) is 6. The van der Waals surface area contributed by atoms with Crippen molar-refractivity contribution in [3.05, 3.63) is 66.1 Å². The summed E-state index contributed by atoms with van der Waals surface area (Å²) in [6.45, 7) is 1.49. The van der Waals surface area contributed by atoms with Gasteiger partial charge in [0, 0.05) is 17.3 Å². The Labute approximate surface area is 180 Å². The summed E-state index contributed by atoms with van der Waals surface area (Å²) in [5, 5.41) is 12.4. The summed E-state index contributed by atoms with van der Waals surface area (Å²) in [4.78, 5) is 7.90. The molecule has 0 aliphatic carbocycles. The number of pyridine rings is 2. The molecule has 0 atom stereocenters. The minimum Gasteiger partial charge on any atom is -0.246 e. The van der Waals surface area contributed by atoms with E-state index in [1.807, 2.05) is 6.07 Å². The number of aromatic nitrogens is 4. The number of fused-ring (bicyclic) bond motifs is 1. The number of benzene rings is 1. The number of hydrogen-bond donors (Lipinski definition) is 0. The highest BCUT2D eigenvalue weighted by molar-refractivity contribution is 7.91. The third-order valence-corrected chi connectivity index (χ3v) is 6.50. The van der Waals surface area contributed by atoms with Crippen LogP contribution in [0, 0.1) is 11.3 Å². The van der Waals surface area contributed by atoms with E-state index in [9.17, 15) is 21.6 Å². The van der Waals surface area contributed by atoms with Gasteiger partial charge >= 0.3 is 6.18 Å². The van der Waals surface area contributed by atoms with E-state index in [0.29, 0.717) is 16.8 Å². The Hall–Kier alpha value is -3.78. The zero-order valence-electron chi connectivity index (χ0n) is 16.5. The maximum absolute atomic E-state index is 13.0. The molecule has 0 N–H and O–H groups in total. The normalized spacial score (nSPS) is 12.1. The van der Waals surface area contributed by atoms with Crippen molar-refractivity contribution in [2.45, 2.75) is 18.0 Å². The molecule has 11 heteroatoms. The molecule has 32 heavy (non-hydrogen) atoms. The molecule has 0 amide bonds. The number of halogens is 3. The number of nitrogens with zero attached hydrogens (tertiary/aromatic N) is 5. The van der Waals surface area contributed by atoms with Gasteiger partial charge in [0.25, 0.3) is 5.82 Å². The molecule has 0 radical (unpaired) electrons. The smallest absolute Gasteiger partial charge is 0.246 e. The lowest BCUT2D eigenvalue weighted by Crippen LogP contribution is -2.08. The van der Waals surface area contributed by atoms with Gasteiger partial charge in [-0.1, -0.05) is 19.1 Å². The fraction of sp³-hybridized carbons (Fsp3) is 0.143. The minimum atomic E-state index is -4.71. The molecular formula is C21H14F3N5O2S. The van der Waals surface area contributed by atoms with Gasteiger partial charge in [0.15, 0.2) is 15.5 Å². The summed E-state index contributed by atoms with van der Waals surface area (Å²) in [7, 11) is -3.69. The second-order valence-electron chi connectivity index (χ2n) is 6.79. The first-order valence-corrected chi connectivity index (χ1v) is 11.0. The highest BCUT2D eigenvalue weighted by Gasteiger charge is 2.36. The largest absolute Gasteiger partial charge is 0.453 e. The molecule has 0 spiro atoms. The lowest BCUT2D eigenvalue weighted by atomic mass is 10.1. The fourth-order valence-electron chi connectivity index (χ4n) is 3.08. The van der Waals surface area contributed by atoms with Crippen LogP contribution in [-0.4, -0.2) is 33.8 Å². The maximum atomic E-state index is 13.0. The van der Waals surface area contributed by atoms with E-state index in [4.69, 9.17) is 5.26 Å². The third kappa shape index (κ3) is 3.92. The van der Waals surface area contributed by atoms with E-state index in [2.05, 4.69) is 15.1 Å². The Morgan fingerprint density at radius 3 is 2.31 bits per heavy atom. The van der Waals surface area contributed by atoms with Crippen LogP contribution < -0.4 is 0 Å². The van der Waals surface area contributed by atoms with Gasteiger partial charge in [-0.25, -0.2) is 22.9 Å². The van der Waals surface area contributed by atoms with Crippen LogP contribution in [0.4, 0.5) is 13.2 Å². The molecular weight excluding hydrogens is 443 g/mol. The molecule has 0 unspecified atom stereocenters. The zero-order valence-corrected chi connectivity index (χ0v) is 17.3. The minimum absolute atomic E-state index is 0.0378. The molecule has 0 aliphatic rings. The van der Waals surface area contributed by atoms with E-state index in [0.717, 1.165) is 4.52 Å². The number of sulfone groups is 1. The monoisotopic (exact) mass is 457 g/mol. The summed E-state index contributed by atoms with van der Waals surface area (Å²) < 4.78 is 65.2. The van der Waals surface area contributed by atoms with Crippen LogP contribution >= 0.6 is 0 Å². The first kappa shape index (κ1) is 21.5. The van der Waals surface area contributed by atoms with Gasteiger partial charge in [0.1, 0.15) is 0 Å². The molecule has 3 aromatic heterocycles. The van der Waals surface area contributed by atoms with Gasteiger partial charge in [0.2, 0.25) is 0 Å². The van der Waals surface area contributed by atoms with E-state index in [1.54, 1.807) is 30.3 Å². The lowest BCUT2D eigenvalue weighted by molar-refractivity contribution is -0.144. The van der Waals surface area contributed by atoms with Gasteiger partial charge < -0.3 is 0 Å². The second kappa shape index (κ2) is 7.72. The number of nitriles is 1. The summed E-state index contributed by atoms with van der Waals surface area (Å²) in [5.41, 5.74) is 1.85. The van der Waals surface area contributed by atoms with Crippen molar-refractivity contribution in [1.29, 1.82) is 5.26 Å². The van der Waals surface area contributed by atoms with Crippen molar-refractivity contribution in [1.82, 2.24) is 19.6 Å². The first-order valence-electron chi connectivity index (χ1n) is 9.31. The van der Waals surface area contributed by atoms with E-state index in [1.165, 1.54) is 31.3 Å². The Kier molecular flexibility index (Phi) is 5.18. The van der Waals surface area contributed by atoms with Crippen LogP contribution in [-0.2, 0) is 16.0 Å². The van der Waals surface area contributed by atoms with E-state index < -0.39 is 21.8 Å².